The van der Waals surface area contributed by atoms with Gasteiger partial charge in [0.25, 0.3) is 0 Å². The van der Waals surface area contributed by atoms with Crippen molar-refractivity contribution >= 4 is 39.4 Å². The Morgan fingerprint density at radius 3 is 2.86 bits per heavy atom. The fraction of sp³-hybridized carbons (Fsp3) is 0.125. The lowest BCUT2D eigenvalue weighted by atomic mass is 10.4. The highest BCUT2D eigenvalue weighted by Gasteiger charge is 2.13. The van der Waals surface area contributed by atoms with Gasteiger partial charge >= 0.3 is 5.97 Å². The fourth-order valence-electron chi connectivity index (χ4n) is 0.771. The molecule has 1 aromatic rings. The number of furan rings is 1. The number of carbonyl (C=O) groups is 1. The molecule has 0 aliphatic heterocycles. The van der Waals surface area contributed by atoms with Gasteiger partial charge in [0.1, 0.15) is 0 Å². The number of hydrogen-bond acceptors (Lipinski definition) is 3. The number of carboxylic acid groups (broad SMARTS) is 1. The van der Waals surface area contributed by atoms with Crippen molar-refractivity contribution in [3.63, 3.8) is 0 Å². The number of carboxylic acids is 1. The van der Waals surface area contributed by atoms with Crippen LogP contribution in [0.1, 0.15) is 10.6 Å². The van der Waals surface area contributed by atoms with Gasteiger partial charge in [0.15, 0.2) is 0 Å². The molecule has 0 saturated carbocycles. The molecule has 0 spiro atoms. The van der Waals surface area contributed by atoms with E-state index >= 15 is 0 Å². The van der Waals surface area contributed by atoms with Crippen LogP contribution in [0.15, 0.2) is 26.6 Å². The van der Waals surface area contributed by atoms with Crippen LogP contribution in [0.5, 0.6) is 0 Å². The predicted molar refractivity (Wildman–Crippen MR) is 56.9 cm³/mol. The Labute approximate surface area is 93.7 Å². The summed E-state index contributed by atoms with van der Waals surface area (Å²) in [5, 5.41) is 11.8. The van der Waals surface area contributed by atoms with E-state index in [0.29, 0.717) is 21.9 Å². The molecule has 0 aliphatic rings. The summed E-state index contributed by atoms with van der Waals surface area (Å²) >= 11 is 8.66. The van der Waals surface area contributed by atoms with Crippen molar-refractivity contribution in [2.75, 3.05) is 11.9 Å². The molecular formula is C8H7BrClNO3. The third-order valence-corrected chi connectivity index (χ3v) is 2.06. The monoisotopic (exact) mass is 279 g/mol. The van der Waals surface area contributed by atoms with E-state index in [1.165, 1.54) is 6.07 Å². The molecule has 0 bridgehead atoms. The fourth-order valence-corrected chi connectivity index (χ4v) is 1.27. The largest absolute Gasteiger partial charge is 0.475 e. The first kappa shape index (κ1) is 11.1. The minimum absolute atomic E-state index is 0.139. The molecule has 1 aromatic heterocycles. The van der Waals surface area contributed by atoms with Gasteiger partial charge in [-0.15, -0.1) is 0 Å². The molecule has 0 aromatic carbocycles. The molecular weight excluding hydrogens is 273 g/mol. The van der Waals surface area contributed by atoms with Crippen molar-refractivity contribution in [3.8, 4) is 0 Å². The van der Waals surface area contributed by atoms with Gasteiger partial charge in [0.05, 0.1) is 11.0 Å². The number of anilines is 1. The molecule has 14 heavy (non-hydrogen) atoms. The molecule has 0 aliphatic carbocycles. The summed E-state index contributed by atoms with van der Waals surface area (Å²) in [5.74, 6) is -0.938. The molecule has 0 saturated heterocycles. The Hall–Kier alpha value is -0.940. The zero-order valence-corrected chi connectivity index (χ0v) is 9.35. The van der Waals surface area contributed by atoms with Crippen LogP contribution in [0.25, 0.3) is 0 Å². The lowest BCUT2D eigenvalue weighted by Crippen LogP contribution is -2.00. The Morgan fingerprint density at radius 2 is 2.43 bits per heavy atom. The maximum Gasteiger partial charge on any atom is 0.371 e. The number of hydrogen-bond donors (Lipinski definition) is 2. The van der Waals surface area contributed by atoms with Gasteiger partial charge in [-0.25, -0.2) is 4.79 Å². The van der Waals surface area contributed by atoms with Crippen LogP contribution in [0.3, 0.4) is 0 Å². The number of halogens is 2. The number of nitrogens with one attached hydrogen (secondary N) is 1. The lowest BCUT2D eigenvalue weighted by molar-refractivity contribution is 0.0663. The van der Waals surface area contributed by atoms with Crippen LogP contribution in [-0.2, 0) is 0 Å². The minimum atomic E-state index is -1.12. The molecule has 0 fully saturated rings. The lowest BCUT2D eigenvalue weighted by Gasteiger charge is -2.00. The highest BCUT2D eigenvalue weighted by atomic mass is 79.9. The van der Waals surface area contributed by atoms with E-state index in [4.69, 9.17) is 21.1 Å². The maximum absolute atomic E-state index is 10.5. The second-order valence-electron chi connectivity index (χ2n) is 2.46. The molecule has 0 atom stereocenters. The van der Waals surface area contributed by atoms with Gasteiger partial charge in [-0.2, -0.15) is 0 Å². The van der Waals surface area contributed by atoms with E-state index in [1.807, 2.05) is 0 Å². The second-order valence-corrected chi connectivity index (χ2v) is 3.85. The summed E-state index contributed by atoms with van der Waals surface area (Å²) in [6.45, 7) is 3.78. The first-order valence-corrected chi connectivity index (χ1v) is 4.77. The average Bonchev–Trinajstić information content (AvgIpc) is 2.43. The van der Waals surface area contributed by atoms with Gasteiger partial charge in [-0.1, -0.05) is 18.2 Å². The van der Waals surface area contributed by atoms with E-state index in [2.05, 4.69) is 27.8 Å². The summed E-state index contributed by atoms with van der Waals surface area (Å²) < 4.78 is 5.50. The normalized spacial score (nSPS) is 9.86. The summed E-state index contributed by atoms with van der Waals surface area (Å²) in [6, 6.07) is 1.36. The van der Waals surface area contributed by atoms with Crippen molar-refractivity contribution in [1.82, 2.24) is 0 Å². The topological polar surface area (TPSA) is 62.5 Å². The van der Waals surface area contributed by atoms with Gasteiger partial charge in [-0.3, -0.25) is 0 Å². The smallest absolute Gasteiger partial charge is 0.371 e. The Kier molecular flexibility index (Phi) is 3.60. The molecule has 4 nitrogen and oxygen atoms in total. The van der Waals surface area contributed by atoms with E-state index < -0.39 is 5.97 Å². The van der Waals surface area contributed by atoms with Crippen molar-refractivity contribution in [3.05, 3.63) is 27.9 Å². The van der Waals surface area contributed by atoms with Gasteiger partial charge in [-0.05, 0) is 15.9 Å². The highest BCUT2D eigenvalue weighted by molar-refractivity contribution is 9.10. The molecule has 0 radical (unpaired) electrons. The molecule has 76 valence electrons. The van der Waals surface area contributed by atoms with E-state index in [-0.39, 0.29) is 5.76 Å². The zero-order valence-electron chi connectivity index (χ0n) is 7.01. The summed E-state index contributed by atoms with van der Waals surface area (Å²) in [5.41, 5.74) is 0. The maximum atomic E-state index is 10.5. The first-order valence-electron chi connectivity index (χ1n) is 3.60. The van der Waals surface area contributed by atoms with Crippen LogP contribution >= 0.6 is 27.5 Å². The molecule has 0 amide bonds. The Morgan fingerprint density at radius 1 is 1.79 bits per heavy atom. The molecule has 6 heteroatoms. The first-order chi connectivity index (χ1) is 6.50. The van der Waals surface area contributed by atoms with E-state index in [9.17, 15) is 4.79 Å². The Bertz CT molecular complexity index is 375. The average molecular weight is 281 g/mol. The van der Waals surface area contributed by atoms with E-state index in [0.717, 1.165) is 0 Å². The second kappa shape index (κ2) is 4.52. The number of aromatic carboxylic acids is 1. The van der Waals surface area contributed by atoms with Gasteiger partial charge in [0.2, 0.25) is 11.6 Å². The van der Waals surface area contributed by atoms with Gasteiger partial charge in [0, 0.05) is 11.1 Å². The molecule has 1 rings (SSSR count). The standard InChI is InChI=1S/C8H7BrClNO3/c1-4(10)3-11-7-5(9)2-6(14-7)8(12)13/h2,11H,1,3H2,(H,12,13). The summed E-state index contributed by atoms with van der Waals surface area (Å²) in [7, 11) is 0. The SMILES string of the molecule is C=C(Cl)CNc1oc(C(=O)O)cc1Br. The van der Waals surface area contributed by atoms with Crippen LogP contribution in [0.4, 0.5) is 5.88 Å². The van der Waals surface area contributed by atoms with Crippen LogP contribution < -0.4 is 5.32 Å². The third-order valence-electron chi connectivity index (χ3n) is 1.34. The zero-order chi connectivity index (χ0) is 10.7. The summed E-state index contributed by atoms with van der Waals surface area (Å²) in [4.78, 5) is 10.5. The molecule has 0 unspecified atom stereocenters. The third kappa shape index (κ3) is 2.78. The Balaban J connectivity index is 2.77. The number of rotatable bonds is 4. The van der Waals surface area contributed by atoms with Crippen molar-refractivity contribution in [1.29, 1.82) is 0 Å². The summed E-state index contributed by atoms with van der Waals surface area (Å²) in [6.07, 6.45) is 0. The predicted octanol–water partition coefficient (Wildman–Crippen LogP) is 2.90. The minimum Gasteiger partial charge on any atom is -0.475 e. The molecule has 2 N–H and O–H groups in total. The van der Waals surface area contributed by atoms with Gasteiger partial charge < -0.3 is 14.8 Å². The van der Waals surface area contributed by atoms with Crippen molar-refractivity contribution in [2.45, 2.75) is 0 Å². The van der Waals surface area contributed by atoms with Crippen LogP contribution in [-0.4, -0.2) is 17.6 Å². The van der Waals surface area contributed by atoms with Crippen molar-refractivity contribution in [2.24, 2.45) is 0 Å². The highest BCUT2D eigenvalue weighted by Crippen LogP contribution is 2.26. The molecule has 1 heterocycles. The van der Waals surface area contributed by atoms with E-state index in [1.54, 1.807) is 0 Å². The van der Waals surface area contributed by atoms with Crippen LogP contribution in [0.2, 0.25) is 0 Å². The van der Waals surface area contributed by atoms with Crippen molar-refractivity contribution < 1.29 is 14.3 Å². The quantitative estimate of drug-likeness (QED) is 0.890. The van der Waals surface area contributed by atoms with Crippen LogP contribution in [0, 0.1) is 0 Å².